The largest absolute Gasteiger partial charge is 0.434 e. The van der Waals surface area contributed by atoms with Gasteiger partial charge >= 0.3 is 18.4 Å². The number of hydrogen-bond donors (Lipinski definition) is 1. The molecule has 33 heavy (non-hydrogen) atoms. The van der Waals surface area contributed by atoms with E-state index in [9.17, 15) is 31.1 Å². The van der Waals surface area contributed by atoms with Crippen molar-refractivity contribution in [3.63, 3.8) is 0 Å². The lowest BCUT2D eigenvalue weighted by molar-refractivity contribution is -0.308. The summed E-state index contributed by atoms with van der Waals surface area (Å²) in [5.74, 6) is 0. The van der Waals surface area contributed by atoms with Gasteiger partial charge in [-0.25, -0.2) is 4.79 Å². The maximum absolute atomic E-state index is 12.7. The number of piperidine rings is 1. The van der Waals surface area contributed by atoms with Crippen LogP contribution in [0.1, 0.15) is 30.0 Å². The Morgan fingerprint density at radius 3 is 1.94 bits per heavy atom. The van der Waals surface area contributed by atoms with Crippen molar-refractivity contribution in [2.24, 2.45) is 0 Å². The van der Waals surface area contributed by atoms with Crippen LogP contribution in [0.4, 0.5) is 31.1 Å². The number of amides is 1. The number of benzene rings is 2. The lowest BCUT2D eigenvalue weighted by Crippen LogP contribution is -2.51. The molecule has 1 saturated heterocycles. The van der Waals surface area contributed by atoms with Crippen molar-refractivity contribution in [3.05, 3.63) is 70.7 Å². The SMILES string of the molecule is O=C(OC(C(F)(F)F)C(F)(F)F)N1CCC(NC(c2ccccc2)c2ccc(Cl)cc2)CC1. The normalized spacial score (nSPS) is 16.7. The van der Waals surface area contributed by atoms with E-state index in [-0.39, 0.29) is 25.2 Å². The molecule has 2 aromatic carbocycles. The van der Waals surface area contributed by atoms with Crippen molar-refractivity contribution in [1.82, 2.24) is 10.2 Å². The monoisotopic (exact) mass is 494 g/mol. The second-order valence-corrected chi connectivity index (χ2v) is 8.11. The van der Waals surface area contributed by atoms with Crippen molar-refractivity contribution in [1.29, 1.82) is 0 Å². The van der Waals surface area contributed by atoms with Gasteiger partial charge < -0.3 is 15.0 Å². The first-order valence-corrected chi connectivity index (χ1v) is 10.5. The highest BCUT2D eigenvalue weighted by Gasteiger charge is 2.60. The van der Waals surface area contributed by atoms with Crippen molar-refractivity contribution in [2.75, 3.05) is 13.1 Å². The second-order valence-electron chi connectivity index (χ2n) is 7.67. The molecule has 3 rings (SSSR count). The Kier molecular flexibility index (Phi) is 7.79. The van der Waals surface area contributed by atoms with Gasteiger partial charge in [0.05, 0.1) is 6.04 Å². The summed E-state index contributed by atoms with van der Waals surface area (Å²) >= 11 is 5.98. The summed E-state index contributed by atoms with van der Waals surface area (Å²) in [5, 5.41) is 4.05. The summed E-state index contributed by atoms with van der Waals surface area (Å²) in [6.07, 6.45) is -16.6. The molecule has 4 nitrogen and oxygen atoms in total. The average Bonchev–Trinajstić information content (AvgIpc) is 2.76. The molecule has 1 aliphatic heterocycles. The third-order valence-electron chi connectivity index (χ3n) is 5.31. The molecule has 0 aliphatic carbocycles. The van der Waals surface area contributed by atoms with Gasteiger partial charge in [0.15, 0.2) is 0 Å². The Hall–Kier alpha value is -2.46. The van der Waals surface area contributed by atoms with Gasteiger partial charge in [-0.1, -0.05) is 54.1 Å². The van der Waals surface area contributed by atoms with Gasteiger partial charge in [0.25, 0.3) is 6.10 Å². The molecule has 1 fully saturated rings. The fourth-order valence-electron chi connectivity index (χ4n) is 3.64. The molecule has 0 aromatic heterocycles. The van der Waals surface area contributed by atoms with Gasteiger partial charge in [-0.3, -0.25) is 0 Å². The van der Waals surface area contributed by atoms with Crippen LogP contribution in [0.3, 0.4) is 0 Å². The molecule has 0 saturated carbocycles. The highest BCUT2D eigenvalue weighted by molar-refractivity contribution is 6.30. The van der Waals surface area contributed by atoms with Crippen LogP contribution in [0.15, 0.2) is 54.6 Å². The maximum Gasteiger partial charge on any atom is 0.434 e. The number of carbonyl (C=O) groups is 1. The number of carbonyl (C=O) groups excluding carboxylic acids is 1. The zero-order chi connectivity index (χ0) is 24.2. The predicted molar refractivity (Wildman–Crippen MR) is 110 cm³/mol. The molecule has 1 heterocycles. The van der Waals surface area contributed by atoms with Crippen LogP contribution in [0, 0.1) is 0 Å². The average molecular weight is 495 g/mol. The van der Waals surface area contributed by atoms with E-state index < -0.39 is 24.5 Å². The van der Waals surface area contributed by atoms with E-state index in [4.69, 9.17) is 11.6 Å². The first-order valence-electron chi connectivity index (χ1n) is 10.1. The fraction of sp³-hybridized carbons (Fsp3) is 0.409. The van der Waals surface area contributed by atoms with Crippen LogP contribution in [-0.4, -0.2) is 48.6 Å². The van der Waals surface area contributed by atoms with Crippen molar-refractivity contribution < 1.29 is 35.9 Å². The molecule has 0 radical (unpaired) electrons. The summed E-state index contributed by atoms with van der Waals surface area (Å²) in [7, 11) is 0. The van der Waals surface area contributed by atoms with E-state index in [1.54, 1.807) is 12.1 Å². The number of alkyl halides is 6. The predicted octanol–water partition coefficient (Wildman–Crippen LogP) is 6.11. The maximum atomic E-state index is 12.7. The molecule has 1 N–H and O–H groups in total. The molecular formula is C22H21ClF6N2O2. The second kappa shape index (κ2) is 10.2. The van der Waals surface area contributed by atoms with E-state index in [1.807, 2.05) is 42.5 Å². The molecule has 180 valence electrons. The molecule has 1 unspecified atom stereocenters. The Morgan fingerprint density at radius 2 is 1.42 bits per heavy atom. The highest BCUT2D eigenvalue weighted by atomic mass is 35.5. The van der Waals surface area contributed by atoms with Crippen molar-refractivity contribution in [2.45, 2.75) is 43.4 Å². The Balaban J connectivity index is 1.64. The van der Waals surface area contributed by atoms with E-state index in [0.29, 0.717) is 17.9 Å². The Morgan fingerprint density at radius 1 is 0.909 bits per heavy atom. The quantitative estimate of drug-likeness (QED) is 0.510. The smallest absolute Gasteiger partial charge is 0.426 e. The van der Waals surface area contributed by atoms with Crippen molar-refractivity contribution in [3.8, 4) is 0 Å². The fourth-order valence-corrected chi connectivity index (χ4v) is 3.77. The van der Waals surface area contributed by atoms with Crippen LogP contribution in [0.2, 0.25) is 5.02 Å². The molecule has 0 bridgehead atoms. The Labute approximate surface area is 191 Å². The molecule has 1 amide bonds. The highest BCUT2D eigenvalue weighted by Crippen LogP contribution is 2.36. The zero-order valence-electron chi connectivity index (χ0n) is 17.2. The molecule has 11 heteroatoms. The molecular weight excluding hydrogens is 474 g/mol. The number of rotatable bonds is 5. The number of ether oxygens (including phenoxy) is 1. The van der Waals surface area contributed by atoms with Gasteiger partial charge in [0.1, 0.15) is 0 Å². The molecule has 1 aliphatic rings. The Bertz CT molecular complexity index is 899. The summed E-state index contributed by atoms with van der Waals surface area (Å²) in [6.45, 7) is -0.0812. The lowest BCUT2D eigenvalue weighted by Gasteiger charge is -2.35. The van der Waals surface area contributed by atoms with E-state index in [2.05, 4.69) is 10.1 Å². The topological polar surface area (TPSA) is 41.6 Å². The van der Waals surface area contributed by atoms with E-state index in [1.165, 1.54) is 0 Å². The van der Waals surface area contributed by atoms with Crippen molar-refractivity contribution >= 4 is 17.7 Å². The first kappa shape index (κ1) is 25.2. The molecule has 1 atom stereocenters. The number of nitrogens with zero attached hydrogens (tertiary/aromatic N) is 1. The van der Waals surface area contributed by atoms with Crippen LogP contribution >= 0.6 is 11.6 Å². The summed E-state index contributed by atoms with van der Waals surface area (Å²) in [4.78, 5) is 12.8. The lowest BCUT2D eigenvalue weighted by atomic mass is 9.95. The standard InChI is InChI=1S/C22H21ClF6N2O2/c23-16-8-6-15(7-9-16)18(14-4-2-1-3-5-14)30-17-10-12-31(13-11-17)20(32)33-19(21(24,25)26)22(27,28)29/h1-9,17-19,30H,10-13H2. The van der Waals surface area contributed by atoms with Gasteiger partial charge in [-0.15, -0.1) is 0 Å². The van der Waals surface area contributed by atoms with Gasteiger partial charge in [0, 0.05) is 24.2 Å². The summed E-state index contributed by atoms with van der Waals surface area (Å²) < 4.78 is 79.8. The zero-order valence-corrected chi connectivity index (χ0v) is 17.9. The molecule has 2 aromatic rings. The minimum absolute atomic E-state index is 0.0406. The number of halogens is 7. The van der Waals surface area contributed by atoms with Crippen LogP contribution < -0.4 is 5.32 Å². The van der Waals surface area contributed by atoms with Crippen LogP contribution in [0.25, 0.3) is 0 Å². The van der Waals surface area contributed by atoms with E-state index in [0.717, 1.165) is 16.0 Å². The summed E-state index contributed by atoms with van der Waals surface area (Å²) in [6, 6.07) is 16.4. The number of nitrogens with one attached hydrogen (secondary N) is 1. The number of hydrogen-bond acceptors (Lipinski definition) is 3. The van der Waals surface area contributed by atoms with Gasteiger partial charge in [0.2, 0.25) is 0 Å². The molecule has 0 spiro atoms. The minimum atomic E-state index is -5.74. The third-order valence-corrected chi connectivity index (χ3v) is 5.56. The van der Waals surface area contributed by atoms with Gasteiger partial charge in [-0.2, -0.15) is 26.3 Å². The van der Waals surface area contributed by atoms with Gasteiger partial charge in [-0.05, 0) is 36.1 Å². The summed E-state index contributed by atoms with van der Waals surface area (Å²) in [5.41, 5.74) is 1.91. The van der Waals surface area contributed by atoms with Crippen LogP contribution in [0.5, 0.6) is 0 Å². The minimum Gasteiger partial charge on any atom is -0.426 e. The third kappa shape index (κ3) is 6.77. The van der Waals surface area contributed by atoms with Crippen LogP contribution in [-0.2, 0) is 4.74 Å². The van der Waals surface area contributed by atoms with E-state index >= 15 is 0 Å². The first-order chi connectivity index (χ1) is 15.4. The number of likely N-dealkylation sites (tertiary alicyclic amines) is 1.